The number of nitrogens with zero attached hydrogens (tertiary/aromatic N) is 8. The molecule has 120 heavy (non-hydrogen) atoms. The maximum atomic E-state index is 13.0. The highest BCUT2D eigenvalue weighted by molar-refractivity contribution is 5.76. The second-order valence-electron chi connectivity index (χ2n) is 34.3. The van der Waals surface area contributed by atoms with Crippen LogP contribution >= 0.6 is 0 Å². The summed E-state index contributed by atoms with van der Waals surface area (Å²) in [6.45, 7) is 19.9. The first-order chi connectivity index (χ1) is 59.0. The fourth-order valence-electron chi connectivity index (χ4n) is 16.0. The van der Waals surface area contributed by atoms with Gasteiger partial charge in [0, 0.05) is 111 Å². The number of rotatable bonds is 78. The van der Waals surface area contributed by atoms with E-state index in [2.05, 4.69) is 162 Å². The average molecular weight is 1650 g/mol. The molecule has 15 nitrogen and oxygen atoms in total. The first-order valence-electron chi connectivity index (χ1n) is 49.5. The molecule has 0 aromatic carbocycles. The van der Waals surface area contributed by atoms with E-state index in [1.54, 1.807) is 0 Å². The second-order valence-corrected chi connectivity index (χ2v) is 34.3. The van der Waals surface area contributed by atoms with Crippen molar-refractivity contribution in [3.63, 3.8) is 0 Å². The number of terminal acetylenes is 1. The number of allylic oxidation sites excluding steroid dienone is 6. The molecule has 0 aliphatic carbocycles. The Hall–Kier alpha value is -7.41. The van der Waals surface area contributed by atoms with E-state index in [0.717, 1.165) is 232 Å². The van der Waals surface area contributed by atoms with Gasteiger partial charge in [0.1, 0.15) is 31.5 Å². The van der Waals surface area contributed by atoms with Crippen molar-refractivity contribution >= 4 is 17.7 Å². The Labute approximate surface area is 736 Å². The molecule has 0 unspecified atom stereocenters. The highest BCUT2D eigenvalue weighted by atomic mass is 16.2. The lowest BCUT2D eigenvalue weighted by atomic mass is 9.93. The van der Waals surface area contributed by atoms with Crippen molar-refractivity contribution in [2.45, 2.75) is 452 Å². The third-order valence-electron chi connectivity index (χ3n) is 23.3. The molecule has 3 rings (SSSR count). The quantitative estimate of drug-likeness (QED) is 0.0129. The Kier molecular flexibility index (Phi) is 70.1. The molecule has 1 aliphatic heterocycles. The number of nitrogens with two attached hydrogens (primary N) is 1. The standard InChI is InChI=1S/C105H173N12O3/c1-8-14-17-20-23-26-29-32-41-50-66-97(64-11-4)100(69-53-45-36-39-48-58-74-105(120)109-81-63-87-117-93-92-115(96-117)84-60-59-82-110-111-106)76-77-101(70-54-43-34-31-28-25-22-19-16-10-3)102(71-55-46-37-40-49-57-72-103(118)107-79-61-85-114-89-88-112(7)94-114)78-75-99(68-52-42-33-30-27-24-21-18-15-9-2)98(65-12-5)67-51-44-35-38-47-56-73-104(119)108-80-62-86-116-91-90-113(95-116)83-13-6/h6,88-96H,8-10,14-63,66-74,79-87H2,1-5,7H3,(H3-2,106,107,108,109,110,118,119,120)/p+2/b99-98+,100-97-,102-101+. The molecule has 1 aliphatic rings. The van der Waals surface area contributed by atoms with E-state index in [1.165, 1.54) is 207 Å². The molecule has 0 atom stereocenters. The number of aromatic nitrogens is 4. The zero-order chi connectivity index (χ0) is 86.1. The van der Waals surface area contributed by atoms with E-state index < -0.39 is 0 Å². The van der Waals surface area contributed by atoms with Crippen LogP contribution < -0.4 is 30.9 Å². The SMILES string of the molecule is C#CCn1cc[n+](CCCNC(=O)CCCCCCCC/C(C#CC)=C(/C#C/C(CCCCCCCCC(=O)NCCCn2cc[n+](C)c2)=C(/C#C/C(CCCCCCCCC(=O)NCCCN2[CH]N(CCCCN=NN)C=C2)=C(/C#CC)CCCCCCCCCCCC)CCCCCCCCCCCC)CCCCCCCCCCCC)c1. The summed E-state index contributed by atoms with van der Waals surface area (Å²) in [6.07, 6.45) is 92.3. The van der Waals surface area contributed by atoms with Gasteiger partial charge in [-0.25, -0.2) is 18.3 Å². The highest BCUT2D eigenvalue weighted by Gasteiger charge is 2.16. The highest BCUT2D eigenvalue weighted by Crippen LogP contribution is 2.27. The molecule has 3 amide bonds. The molecule has 1 radical (unpaired) electrons. The minimum Gasteiger partial charge on any atom is -0.356 e. The predicted octanol–water partition coefficient (Wildman–Crippen LogP) is 24.8. The number of carbonyl (C=O) groups excluding carboxylic acids is 3. The Bertz CT molecular complexity index is 3400. The molecule has 3 heterocycles. The van der Waals surface area contributed by atoms with Gasteiger partial charge in [-0.05, 0) is 129 Å². The third kappa shape index (κ3) is 61.0. The molecular weight excluding hydrogens is 1480 g/mol. The van der Waals surface area contributed by atoms with E-state index in [-0.39, 0.29) is 17.7 Å². The van der Waals surface area contributed by atoms with Gasteiger partial charge in [-0.2, -0.15) is 5.11 Å². The molecule has 0 bridgehead atoms. The zero-order valence-corrected chi connectivity index (χ0v) is 77.9. The van der Waals surface area contributed by atoms with Gasteiger partial charge >= 0.3 is 0 Å². The maximum Gasteiger partial charge on any atom is 0.244 e. The molecule has 2 aromatic rings. The molecule has 15 heteroatoms. The number of hydrogen-bond donors (Lipinski definition) is 4. The fraction of sp³-hybridized carbons (Fsp3) is 0.733. The van der Waals surface area contributed by atoms with Gasteiger partial charge in [0.15, 0.2) is 6.54 Å². The monoisotopic (exact) mass is 1650 g/mol. The van der Waals surface area contributed by atoms with Crippen LogP contribution in [-0.2, 0) is 41.1 Å². The normalized spacial score (nSPS) is 12.4. The van der Waals surface area contributed by atoms with Crippen LogP contribution in [0.5, 0.6) is 0 Å². The van der Waals surface area contributed by atoms with Crippen molar-refractivity contribution in [2.75, 3.05) is 39.3 Å². The summed E-state index contributed by atoms with van der Waals surface area (Å²) < 4.78 is 8.34. The van der Waals surface area contributed by atoms with Crippen LogP contribution in [0.2, 0.25) is 0 Å². The summed E-state index contributed by atoms with van der Waals surface area (Å²) in [6, 6.07) is 0. The van der Waals surface area contributed by atoms with Gasteiger partial charge < -0.3 is 31.6 Å². The average Bonchev–Trinajstić information content (AvgIpc) is 1.54. The van der Waals surface area contributed by atoms with Crippen LogP contribution in [0.1, 0.15) is 433 Å². The fourth-order valence-corrected chi connectivity index (χ4v) is 16.0. The molecular formula is C105H175N12O3+2. The number of carbonyl (C=O) groups is 3. The number of hydrogen-bond acceptors (Lipinski definition) is 7. The smallest absolute Gasteiger partial charge is 0.244 e. The number of imidazole rings is 2. The van der Waals surface area contributed by atoms with Crippen molar-refractivity contribution in [3.05, 3.63) is 89.9 Å². The van der Waals surface area contributed by atoms with Crippen LogP contribution in [0.15, 0.2) is 93.6 Å². The number of unbranched alkanes of at least 4 members (excludes halogenated alkanes) is 43. The number of aryl methyl sites for hydroxylation is 3. The van der Waals surface area contributed by atoms with E-state index in [0.29, 0.717) is 52.0 Å². The van der Waals surface area contributed by atoms with Crippen molar-refractivity contribution in [3.8, 4) is 59.7 Å². The summed E-state index contributed by atoms with van der Waals surface area (Å²) in [7, 11) is 2.04. The maximum absolute atomic E-state index is 13.0. The first-order valence-corrected chi connectivity index (χ1v) is 49.5. The molecule has 0 saturated carbocycles. The molecule has 0 spiro atoms. The zero-order valence-electron chi connectivity index (χ0n) is 77.9. The van der Waals surface area contributed by atoms with Crippen molar-refractivity contribution in [2.24, 2.45) is 23.2 Å². The van der Waals surface area contributed by atoms with E-state index in [1.807, 2.05) is 44.2 Å². The predicted molar refractivity (Wildman–Crippen MR) is 506 cm³/mol. The number of nitrogens with one attached hydrogen (secondary N) is 3. The van der Waals surface area contributed by atoms with Gasteiger partial charge in [0.05, 0.1) is 26.7 Å². The largest absolute Gasteiger partial charge is 0.356 e. The Morgan fingerprint density at radius 3 is 0.992 bits per heavy atom. The summed E-state index contributed by atoms with van der Waals surface area (Å²) in [5.41, 5.74) is 7.43. The van der Waals surface area contributed by atoms with Crippen LogP contribution in [0.25, 0.3) is 0 Å². The van der Waals surface area contributed by atoms with E-state index in [4.69, 9.17) is 12.3 Å². The Morgan fingerprint density at radius 2 is 0.667 bits per heavy atom. The topological polar surface area (TPSA) is 162 Å². The minimum atomic E-state index is 0.152. The lowest BCUT2D eigenvalue weighted by Gasteiger charge is -2.20. The molecule has 5 N–H and O–H groups in total. The lowest BCUT2D eigenvalue weighted by Crippen LogP contribution is -2.34. The van der Waals surface area contributed by atoms with Gasteiger partial charge in [0.2, 0.25) is 30.4 Å². The van der Waals surface area contributed by atoms with E-state index in [9.17, 15) is 14.4 Å². The summed E-state index contributed by atoms with van der Waals surface area (Å²) in [5.74, 6) is 38.6. The minimum absolute atomic E-state index is 0.152. The Morgan fingerprint density at radius 1 is 0.358 bits per heavy atom. The van der Waals surface area contributed by atoms with Gasteiger partial charge in [0.25, 0.3) is 0 Å². The van der Waals surface area contributed by atoms with Crippen LogP contribution in [0.4, 0.5) is 0 Å². The summed E-state index contributed by atoms with van der Waals surface area (Å²) >= 11 is 0. The first kappa shape index (κ1) is 107. The van der Waals surface area contributed by atoms with Crippen LogP contribution in [-0.4, -0.2) is 75.9 Å². The lowest BCUT2D eigenvalue weighted by molar-refractivity contribution is -0.696. The van der Waals surface area contributed by atoms with Gasteiger partial charge in [-0.15, -0.1) is 18.3 Å². The second kappa shape index (κ2) is 78.8. The van der Waals surface area contributed by atoms with Crippen molar-refractivity contribution in [1.29, 1.82) is 0 Å². The van der Waals surface area contributed by atoms with Crippen molar-refractivity contribution in [1.82, 2.24) is 34.9 Å². The summed E-state index contributed by atoms with van der Waals surface area (Å²) in [4.78, 5) is 43.2. The molecule has 0 fully saturated rings. The van der Waals surface area contributed by atoms with Crippen LogP contribution in [0.3, 0.4) is 0 Å². The Balaban J connectivity index is 1.98. The third-order valence-corrected chi connectivity index (χ3v) is 23.3. The molecule has 671 valence electrons. The summed E-state index contributed by atoms with van der Waals surface area (Å²) in [5, 5.41) is 16.7. The van der Waals surface area contributed by atoms with Gasteiger partial charge in [-0.1, -0.05) is 318 Å². The van der Waals surface area contributed by atoms with E-state index >= 15 is 0 Å². The van der Waals surface area contributed by atoms with Crippen LogP contribution in [0, 0.1) is 66.4 Å². The van der Waals surface area contributed by atoms with Gasteiger partial charge in [-0.3, -0.25) is 14.4 Å². The molecule has 2 aromatic heterocycles. The van der Waals surface area contributed by atoms with Crippen molar-refractivity contribution < 1.29 is 23.5 Å². The molecule has 0 saturated heterocycles. The number of amides is 3.